The molecule has 1 aliphatic rings. The van der Waals surface area contributed by atoms with Crippen LogP contribution in [0.3, 0.4) is 0 Å². The number of carbonyl (C=O) groups is 1. The molecule has 0 aromatic heterocycles. The van der Waals surface area contributed by atoms with Crippen LogP contribution in [0.15, 0.2) is 22.7 Å². The minimum absolute atomic E-state index is 0. The third kappa shape index (κ3) is 4.17. The second-order valence-electron chi connectivity index (χ2n) is 4.92. The third-order valence-corrected chi connectivity index (χ3v) is 4.05. The van der Waals surface area contributed by atoms with Gasteiger partial charge in [0.2, 0.25) is 0 Å². The van der Waals surface area contributed by atoms with E-state index in [9.17, 15) is 9.18 Å². The Morgan fingerprint density at radius 1 is 1.45 bits per heavy atom. The molecule has 20 heavy (non-hydrogen) atoms. The van der Waals surface area contributed by atoms with Crippen molar-refractivity contribution in [1.29, 1.82) is 0 Å². The van der Waals surface area contributed by atoms with Crippen molar-refractivity contribution in [1.82, 2.24) is 10.2 Å². The lowest BCUT2D eigenvalue weighted by Gasteiger charge is -2.32. The van der Waals surface area contributed by atoms with E-state index in [2.05, 4.69) is 21.2 Å². The lowest BCUT2D eigenvalue weighted by molar-refractivity contribution is 0.0686. The van der Waals surface area contributed by atoms with Gasteiger partial charge in [-0.1, -0.05) is 15.9 Å². The van der Waals surface area contributed by atoms with Gasteiger partial charge in [-0.15, -0.1) is 12.4 Å². The fraction of sp³-hybridized carbons (Fsp3) is 0.500. The Morgan fingerprint density at radius 2 is 2.10 bits per heavy atom. The number of amides is 1. The van der Waals surface area contributed by atoms with Crippen LogP contribution in [0, 0.1) is 11.7 Å². The first-order chi connectivity index (χ1) is 9.11. The van der Waals surface area contributed by atoms with Crippen molar-refractivity contribution in [2.75, 3.05) is 26.7 Å². The molecule has 0 atom stereocenters. The van der Waals surface area contributed by atoms with Crippen molar-refractivity contribution in [3.05, 3.63) is 34.1 Å². The predicted octanol–water partition coefficient (Wildman–Crippen LogP) is 3.08. The van der Waals surface area contributed by atoms with Crippen molar-refractivity contribution in [2.24, 2.45) is 5.92 Å². The van der Waals surface area contributed by atoms with Crippen molar-refractivity contribution in [3.63, 3.8) is 0 Å². The van der Waals surface area contributed by atoms with Crippen LogP contribution in [0.5, 0.6) is 0 Å². The molecule has 3 nitrogen and oxygen atoms in total. The van der Waals surface area contributed by atoms with Crippen molar-refractivity contribution >= 4 is 34.2 Å². The summed E-state index contributed by atoms with van der Waals surface area (Å²) in [5, 5.41) is 3.16. The molecule has 0 saturated carbocycles. The highest BCUT2D eigenvalue weighted by molar-refractivity contribution is 9.10. The number of likely N-dealkylation sites (tertiary alicyclic amines) is 1. The number of nitrogens with zero attached hydrogens (tertiary/aromatic N) is 1. The molecule has 1 aliphatic heterocycles. The summed E-state index contributed by atoms with van der Waals surface area (Å²) in [5.74, 6) is -0.0475. The smallest absolute Gasteiger partial charge is 0.256 e. The fourth-order valence-corrected chi connectivity index (χ4v) is 2.82. The third-order valence-electron chi connectivity index (χ3n) is 3.55. The van der Waals surface area contributed by atoms with Gasteiger partial charge in [-0.2, -0.15) is 0 Å². The van der Waals surface area contributed by atoms with E-state index in [0.29, 0.717) is 19.0 Å². The van der Waals surface area contributed by atoms with E-state index < -0.39 is 5.82 Å². The fourth-order valence-electron chi connectivity index (χ4n) is 2.46. The summed E-state index contributed by atoms with van der Waals surface area (Å²) < 4.78 is 14.4. The van der Waals surface area contributed by atoms with Gasteiger partial charge in [0.1, 0.15) is 5.82 Å². The summed E-state index contributed by atoms with van der Waals surface area (Å²) in [6.07, 6.45) is 1.95. The molecule has 1 heterocycles. The lowest BCUT2D eigenvalue weighted by Crippen LogP contribution is -2.40. The molecule has 0 radical (unpaired) electrons. The second-order valence-corrected chi connectivity index (χ2v) is 5.83. The average molecular weight is 366 g/mol. The Labute approximate surface area is 133 Å². The maximum Gasteiger partial charge on any atom is 0.256 e. The Kier molecular flexibility index (Phi) is 6.92. The van der Waals surface area contributed by atoms with E-state index in [-0.39, 0.29) is 23.9 Å². The van der Waals surface area contributed by atoms with Crippen LogP contribution in [0.1, 0.15) is 23.2 Å². The van der Waals surface area contributed by atoms with Crippen molar-refractivity contribution < 1.29 is 9.18 Å². The molecule has 0 aliphatic carbocycles. The van der Waals surface area contributed by atoms with Crippen LogP contribution in [0.2, 0.25) is 0 Å². The highest BCUT2D eigenvalue weighted by Gasteiger charge is 2.24. The van der Waals surface area contributed by atoms with Gasteiger partial charge < -0.3 is 10.2 Å². The van der Waals surface area contributed by atoms with Crippen LogP contribution in [0.4, 0.5) is 4.39 Å². The number of carbonyl (C=O) groups excluding carboxylic acids is 1. The number of nitrogens with one attached hydrogen (secondary N) is 1. The molecule has 1 N–H and O–H groups in total. The summed E-state index contributed by atoms with van der Waals surface area (Å²) >= 11 is 3.27. The lowest BCUT2D eigenvalue weighted by atomic mass is 9.96. The second kappa shape index (κ2) is 7.96. The molecule has 1 aromatic rings. The molecule has 1 amide bonds. The zero-order valence-electron chi connectivity index (χ0n) is 11.4. The normalized spacial score (nSPS) is 15.8. The molecule has 0 spiro atoms. The number of rotatable bonds is 3. The van der Waals surface area contributed by atoms with E-state index in [1.165, 1.54) is 6.07 Å². The molecule has 1 saturated heterocycles. The minimum Gasteiger partial charge on any atom is -0.339 e. The quantitative estimate of drug-likeness (QED) is 0.893. The number of benzene rings is 1. The summed E-state index contributed by atoms with van der Waals surface area (Å²) in [6.45, 7) is 2.39. The first kappa shape index (κ1) is 17.4. The average Bonchev–Trinajstić information content (AvgIpc) is 2.42. The van der Waals surface area contributed by atoms with E-state index in [4.69, 9.17) is 0 Å². The largest absolute Gasteiger partial charge is 0.339 e. The molecule has 6 heteroatoms. The molecule has 1 aromatic carbocycles. The van der Waals surface area contributed by atoms with E-state index >= 15 is 0 Å². The highest BCUT2D eigenvalue weighted by Crippen LogP contribution is 2.21. The standard InChI is InChI=1S/C14H18BrFN2O.ClH/c1-17-9-10-4-6-18(7-5-10)14(19)12-8-11(15)2-3-13(12)16;/h2-3,8,10,17H,4-7,9H2,1H3;1H. The molecule has 0 unspecified atom stereocenters. The van der Waals surface area contributed by atoms with Gasteiger partial charge in [0.15, 0.2) is 0 Å². The van der Waals surface area contributed by atoms with Gasteiger partial charge in [-0.3, -0.25) is 4.79 Å². The van der Waals surface area contributed by atoms with Crippen molar-refractivity contribution in [2.45, 2.75) is 12.8 Å². The van der Waals surface area contributed by atoms with E-state index in [1.54, 1.807) is 17.0 Å². The number of hydrogen-bond donors (Lipinski definition) is 1. The van der Waals surface area contributed by atoms with Crippen LogP contribution in [-0.2, 0) is 0 Å². The Balaban J connectivity index is 0.00000200. The Hall–Kier alpha value is -0.650. The molecule has 2 rings (SSSR count). The van der Waals surface area contributed by atoms with E-state index in [0.717, 1.165) is 23.9 Å². The van der Waals surface area contributed by atoms with Gasteiger partial charge in [0.05, 0.1) is 5.56 Å². The summed E-state index contributed by atoms with van der Waals surface area (Å²) in [4.78, 5) is 14.0. The maximum absolute atomic E-state index is 13.7. The Bertz CT molecular complexity index is 464. The van der Waals surface area contributed by atoms with Crippen LogP contribution in [-0.4, -0.2) is 37.5 Å². The van der Waals surface area contributed by atoms with Gasteiger partial charge in [-0.05, 0) is 50.6 Å². The zero-order chi connectivity index (χ0) is 13.8. The van der Waals surface area contributed by atoms with Crippen LogP contribution in [0.25, 0.3) is 0 Å². The number of piperidine rings is 1. The SMILES string of the molecule is CNCC1CCN(C(=O)c2cc(Br)ccc2F)CC1.Cl. The molecular weight excluding hydrogens is 347 g/mol. The van der Waals surface area contributed by atoms with Gasteiger partial charge in [0, 0.05) is 17.6 Å². The zero-order valence-corrected chi connectivity index (χ0v) is 13.8. The minimum atomic E-state index is -0.453. The predicted molar refractivity (Wildman–Crippen MR) is 83.9 cm³/mol. The van der Waals surface area contributed by atoms with Gasteiger partial charge in [0.25, 0.3) is 5.91 Å². The Morgan fingerprint density at radius 3 is 2.70 bits per heavy atom. The maximum atomic E-state index is 13.7. The molecular formula is C14H19BrClFN2O. The summed E-state index contributed by atoms with van der Waals surface area (Å²) in [7, 11) is 1.94. The number of halogens is 3. The van der Waals surface area contributed by atoms with Crippen molar-refractivity contribution in [3.8, 4) is 0 Å². The van der Waals surface area contributed by atoms with Gasteiger partial charge in [-0.25, -0.2) is 4.39 Å². The first-order valence-electron chi connectivity index (χ1n) is 6.50. The van der Waals surface area contributed by atoms with Crippen LogP contribution >= 0.6 is 28.3 Å². The molecule has 0 bridgehead atoms. The summed E-state index contributed by atoms with van der Waals surface area (Å²) in [6, 6.07) is 4.48. The highest BCUT2D eigenvalue weighted by atomic mass is 79.9. The van der Waals surface area contributed by atoms with Gasteiger partial charge >= 0.3 is 0 Å². The van der Waals surface area contributed by atoms with Crippen LogP contribution < -0.4 is 5.32 Å². The summed E-state index contributed by atoms with van der Waals surface area (Å²) in [5.41, 5.74) is 0.154. The molecule has 112 valence electrons. The van der Waals surface area contributed by atoms with E-state index in [1.807, 2.05) is 7.05 Å². The molecule has 1 fully saturated rings. The first-order valence-corrected chi connectivity index (χ1v) is 7.30. The monoisotopic (exact) mass is 364 g/mol. The number of hydrogen-bond acceptors (Lipinski definition) is 2. The topological polar surface area (TPSA) is 32.3 Å².